The Labute approximate surface area is 194 Å². The van der Waals surface area contributed by atoms with Gasteiger partial charge in [-0.3, -0.25) is 9.69 Å². The Balaban J connectivity index is 0.00000392. The number of carbonyl (C=O) groups is 1. The summed E-state index contributed by atoms with van der Waals surface area (Å²) in [4.78, 5) is 20.7. The molecule has 1 heterocycles. The molecule has 1 amide bonds. The topological polar surface area (TPSA) is 60.0 Å². The SMILES string of the molecule is CCN1CCCC1CNC(=NCc1ccc(Br)cc1C)NCC(=O)N(C)C.I. The van der Waals surface area contributed by atoms with Crippen molar-refractivity contribution in [3.63, 3.8) is 0 Å². The van der Waals surface area contributed by atoms with Crippen LogP contribution in [0.15, 0.2) is 27.7 Å². The Morgan fingerprint density at radius 3 is 2.75 bits per heavy atom. The predicted octanol–water partition coefficient (Wildman–Crippen LogP) is 2.98. The van der Waals surface area contributed by atoms with E-state index in [1.54, 1.807) is 19.0 Å². The largest absolute Gasteiger partial charge is 0.355 e. The molecule has 6 nitrogen and oxygen atoms in total. The van der Waals surface area contributed by atoms with Crippen LogP contribution < -0.4 is 10.6 Å². The third-order valence-corrected chi connectivity index (χ3v) is 5.52. The van der Waals surface area contributed by atoms with Crippen molar-refractivity contribution in [2.24, 2.45) is 4.99 Å². The van der Waals surface area contributed by atoms with Crippen LogP contribution in [0.3, 0.4) is 0 Å². The molecule has 1 aromatic carbocycles. The minimum absolute atomic E-state index is 0. The van der Waals surface area contributed by atoms with E-state index < -0.39 is 0 Å². The lowest BCUT2D eigenvalue weighted by atomic mass is 10.1. The average molecular weight is 566 g/mol. The first-order chi connectivity index (χ1) is 12.9. The summed E-state index contributed by atoms with van der Waals surface area (Å²) in [6.07, 6.45) is 2.45. The van der Waals surface area contributed by atoms with E-state index in [4.69, 9.17) is 4.99 Å². The standard InChI is InChI=1S/C20H32BrN5O.HI/c1-5-26-10-6-7-18(26)13-23-20(24-14-19(27)25(3)4)22-12-16-8-9-17(21)11-15(16)2;/h8-9,11,18H,5-7,10,12-14H2,1-4H3,(H2,22,23,24);1H. The number of halogens is 2. The lowest BCUT2D eigenvalue weighted by molar-refractivity contribution is -0.127. The summed E-state index contributed by atoms with van der Waals surface area (Å²) in [7, 11) is 3.52. The van der Waals surface area contributed by atoms with E-state index in [0.717, 1.165) is 17.6 Å². The number of nitrogens with one attached hydrogen (secondary N) is 2. The van der Waals surface area contributed by atoms with Gasteiger partial charge in [0.25, 0.3) is 0 Å². The normalized spacial score (nSPS) is 17.2. The van der Waals surface area contributed by atoms with E-state index in [9.17, 15) is 4.79 Å². The number of aliphatic imine (C=N–C) groups is 1. The van der Waals surface area contributed by atoms with Crippen LogP contribution in [0.4, 0.5) is 0 Å². The van der Waals surface area contributed by atoms with Crippen molar-refractivity contribution in [2.45, 2.75) is 39.3 Å². The number of aryl methyl sites for hydroxylation is 1. The van der Waals surface area contributed by atoms with Crippen LogP contribution in [0, 0.1) is 6.92 Å². The molecule has 0 bridgehead atoms. The first kappa shape index (κ1) is 25.2. The van der Waals surface area contributed by atoms with Gasteiger partial charge in [0, 0.05) is 31.2 Å². The van der Waals surface area contributed by atoms with E-state index >= 15 is 0 Å². The molecule has 1 saturated heterocycles. The van der Waals surface area contributed by atoms with Gasteiger partial charge in [0.1, 0.15) is 0 Å². The van der Waals surface area contributed by atoms with E-state index in [2.05, 4.69) is 57.4 Å². The monoisotopic (exact) mass is 565 g/mol. The second-order valence-electron chi connectivity index (χ2n) is 7.18. The molecule has 2 rings (SSSR count). The average Bonchev–Trinajstić information content (AvgIpc) is 3.09. The van der Waals surface area contributed by atoms with E-state index in [-0.39, 0.29) is 36.4 Å². The van der Waals surface area contributed by atoms with Crippen LogP contribution >= 0.6 is 39.9 Å². The number of hydrogen-bond acceptors (Lipinski definition) is 3. The molecule has 1 aliphatic heterocycles. The molecular formula is C20H33BrIN5O. The molecule has 0 radical (unpaired) electrons. The van der Waals surface area contributed by atoms with Gasteiger partial charge in [-0.1, -0.05) is 28.9 Å². The Kier molecular flexibility index (Phi) is 11.4. The second-order valence-corrected chi connectivity index (χ2v) is 8.10. The highest BCUT2D eigenvalue weighted by Gasteiger charge is 2.22. The van der Waals surface area contributed by atoms with Gasteiger partial charge in [-0.25, -0.2) is 4.99 Å². The number of benzene rings is 1. The van der Waals surface area contributed by atoms with Gasteiger partial charge in [-0.15, -0.1) is 24.0 Å². The molecule has 1 atom stereocenters. The zero-order valence-corrected chi connectivity index (χ0v) is 21.2. The summed E-state index contributed by atoms with van der Waals surface area (Å²) in [5.74, 6) is 0.718. The minimum atomic E-state index is 0. The van der Waals surface area contributed by atoms with Gasteiger partial charge < -0.3 is 15.5 Å². The smallest absolute Gasteiger partial charge is 0.241 e. The number of hydrogen-bond donors (Lipinski definition) is 2. The zero-order chi connectivity index (χ0) is 19.8. The van der Waals surface area contributed by atoms with Crippen LogP contribution in [-0.2, 0) is 11.3 Å². The Morgan fingerprint density at radius 1 is 1.36 bits per heavy atom. The maximum atomic E-state index is 11.9. The summed E-state index contributed by atoms with van der Waals surface area (Å²) < 4.78 is 1.07. The Hall–Kier alpha value is -0.870. The molecule has 28 heavy (non-hydrogen) atoms. The fraction of sp³-hybridized carbons (Fsp3) is 0.600. The summed E-state index contributed by atoms with van der Waals surface area (Å²) in [5, 5.41) is 6.62. The lowest BCUT2D eigenvalue weighted by Crippen LogP contribution is -2.47. The maximum Gasteiger partial charge on any atom is 0.241 e. The van der Waals surface area contributed by atoms with Gasteiger partial charge in [0.15, 0.2) is 5.96 Å². The molecule has 1 aliphatic rings. The van der Waals surface area contributed by atoms with Crippen LogP contribution in [0.5, 0.6) is 0 Å². The van der Waals surface area contributed by atoms with Gasteiger partial charge in [-0.05, 0) is 56.1 Å². The summed E-state index contributed by atoms with van der Waals surface area (Å²) in [5.41, 5.74) is 2.37. The van der Waals surface area contributed by atoms with Crippen molar-refractivity contribution in [3.8, 4) is 0 Å². The molecule has 158 valence electrons. The first-order valence-corrected chi connectivity index (χ1v) is 10.4. The van der Waals surface area contributed by atoms with Crippen molar-refractivity contribution in [1.82, 2.24) is 20.4 Å². The Morgan fingerprint density at radius 2 is 2.11 bits per heavy atom. The quantitative estimate of drug-likeness (QED) is 0.303. The molecule has 2 N–H and O–H groups in total. The molecule has 0 aromatic heterocycles. The van der Waals surface area contributed by atoms with Crippen molar-refractivity contribution in [3.05, 3.63) is 33.8 Å². The fourth-order valence-electron chi connectivity index (χ4n) is 3.25. The van der Waals surface area contributed by atoms with Gasteiger partial charge in [0.05, 0.1) is 13.1 Å². The number of guanidine groups is 1. The van der Waals surface area contributed by atoms with Crippen LogP contribution in [0.1, 0.15) is 30.9 Å². The van der Waals surface area contributed by atoms with Crippen LogP contribution in [0.25, 0.3) is 0 Å². The zero-order valence-electron chi connectivity index (χ0n) is 17.3. The third-order valence-electron chi connectivity index (χ3n) is 5.03. The third kappa shape index (κ3) is 7.87. The minimum Gasteiger partial charge on any atom is -0.355 e. The molecule has 1 unspecified atom stereocenters. The second kappa shape index (κ2) is 12.6. The number of likely N-dealkylation sites (N-methyl/N-ethyl adjacent to an activating group) is 2. The van der Waals surface area contributed by atoms with E-state index in [1.807, 2.05) is 6.07 Å². The number of nitrogens with zero attached hydrogens (tertiary/aromatic N) is 3. The summed E-state index contributed by atoms with van der Waals surface area (Å²) >= 11 is 3.50. The Bertz CT molecular complexity index is 668. The highest BCUT2D eigenvalue weighted by atomic mass is 127. The van der Waals surface area contributed by atoms with Crippen molar-refractivity contribution in [2.75, 3.05) is 40.3 Å². The molecule has 1 fully saturated rings. The predicted molar refractivity (Wildman–Crippen MR) is 130 cm³/mol. The molecule has 0 spiro atoms. The van der Waals surface area contributed by atoms with Gasteiger partial charge in [-0.2, -0.15) is 0 Å². The fourth-order valence-corrected chi connectivity index (χ4v) is 3.73. The molecular weight excluding hydrogens is 533 g/mol. The first-order valence-electron chi connectivity index (χ1n) is 9.62. The molecule has 0 saturated carbocycles. The number of carbonyl (C=O) groups excluding carboxylic acids is 1. The molecule has 8 heteroatoms. The van der Waals surface area contributed by atoms with Crippen molar-refractivity contribution < 1.29 is 4.79 Å². The van der Waals surface area contributed by atoms with E-state index in [0.29, 0.717) is 18.5 Å². The highest BCUT2D eigenvalue weighted by molar-refractivity contribution is 14.0. The lowest BCUT2D eigenvalue weighted by Gasteiger charge is -2.24. The molecule has 1 aromatic rings. The maximum absolute atomic E-state index is 11.9. The van der Waals surface area contributed by atoms with Gasteiger partial charge in [0.2, 0.25) is 5.91 Å². The summed E-state index contributed by atoms with van der Waals surface area (Å²) in [6, 6.07) is 6.74. The number of amides is 1. The van der Waals surface area contributed by atoms with Crippen LogP contribution in [0.2, 0.25) is 0 Å². The van der Waals surface area contributed by atoms with E-state index in [1.165, 1.54) is 30.5 Å². The number of likely N-dealkylation sites (tertiary alicyclic amines) is 1. The highest BCUT2D eigenvalue weighted by Crippen LogP contribution is 2.17. The van der Waals surface area contributed by atoms with Gasteiger partial charge >= 0.3 is 0 Å². The van der Waals surface area contributed by atoms with Crippen molar-refractivity contribution in [1.29, 1.82) is 0 Å². The van der Waals surface area contributed by atoms with Crippen molar-refractivity contribution >= 4 is 51.8 Å². The molecule has 0 aliphatic carbocycles. The number of rotatable bonds is 7. The van der Waals surface area contributed by atoms with Crippen LogP contribution in [-0.4, -0.2) is 68.0 Å². The summed E-state index contributed by atoms with van der Waals surface area (Å²) in [6.45, 7) is 8.19.